The first-order chi connectivity index (χ1) is 9.72. The summed E-state index contributed by atoms with van der Waals surface area (Å²) in [4.78, 5) is 15.8. The zero-order chi connectivity index (χ0) is 14.4. The lowest BCUT2D eigenvalue weighted by molar-refractivity contribution is -0.143. The van der Waals surface area contributed by atoms with E-state index >= 15 is 0 Å². The van der Waals surface area contributed by atoms with Gasteiger partial charge in [-0.1, -0.05) is 18.2 Å². The van der Waals surface area contributed by atoms with Crippen LogP contribution in [0.3, 0.4) is 0 Å². The second-order valence-electron chi connectivity index (χ2n) is 4.43. The number of hydrogen-bond acceptors (Lipinski definition) is 4. The fraction of sp³-hybridized carbons (Fsp3) is 0.250. The molecule has 2 aromatic rings. The molecule has 0 aliphatic heterocycles. The number of rotatable bonds is 5. The Morgan fingerprint density at radius 2 is 1.90 bits per heavy atom. The number of carbonyl (C=O) groups excluding carboxylic acids is 1. The van der Waals surface area contributed by atoms with Crippen molar-refractivity contribution in [2.75, 3.05) is 13.7 Å². The summed E-state index contributed by atoms with van der Waals surface area (Å²) in [5, 5.41) is 0. The van der Waals surface area contributed by atoms with Crippen molar-refractivity contribution in [1.82, 2.24) is 4.98 Å². The van der Waals surface area contributed by atoms with Crippen molar-refractivity contribution in [3.63, 3.8) is 0 Å². The van der Waals surface area contributed by atoms with Crippen LogP contribution in [0.15, 0.2) is 48.8 Å². The van der Waals surface area contributed by atoms with E-state index in [4.69, 9.17) is 9.47 Å². The molecule has 1 unspecified atom stereocenters. The number of aryl methyl sites for hydroxylation is 1. The van der Waals surface area contributed by atoms with Crippen LogP contribution in [0, 0.1) is 6.92 Å². The summed E-state index contributed by atoms with van der Waals surface area (Å²) in [7, 11) is 1.38. The minimum Gasteiger partial charge on any atom is -0.492 e. The fourth-order valence-electron chi connectivity index (χ4n) is 1.93. The number of ether oxygens (including phenoxy) is 2. The Bertz CT molecular complexity index is 569. The minimum absolute atomic E-state index is 0.238. The predicted molar refractivity (Wildman–Crippen MR) is 75.7 cm³/mol. The van der Waals surface area contributed by atoms with Gasteiger partial charge in [0.15, 0.2) is 0 Å². The first-order valence-electron chi connectivity index (χ1n) is 6.38. The minimum atomic E-state index is -0.456. The summed E-state index contributed by atoms with van der Waals surface area (Å²) in [5.74, 6) is 0.00264. The third kappa shape index (κ3) is 3.35. The molecule has 4 heteroatoms. The van der Waals surface area contributed by atoms with Crippen molar-refractivity contribution < 1.29 is 14.3 Å². The number of pyridine rings is 1. The Balaban J connectivity index is 2.14. The van der Waals surface area contributed by atoms with E-state index < -0.39 is 5.92 Å². The van der Waals surface area contributed by atoms with Crippen LogP contribution in [0.1, 0.15) is 17.0 Å². The number of benzene rings is 1. The summed E-state index contributed by atoms with van der Waals surface area (Å²) in [6, 6.07) is 11.3. The van der Waals surface area contributed by atoms with Crippen LogP contribution in [0.5, 0.6) is 5.75 Å². The number of methoxy groups -OCH3 is 1. The zero-order valence-electron chi connectivity index (χ0n) is 11.6. The van der Waals surface area contributed by atoms with E-state index in [1.807, 2.05) is 31.2 Å². The van der Waals surface area contributed by atoms with Crippen LogP contribution in [0.4, 0.5) is 0 Å². The van der Waals surface area contributed by atoms with Crippen LogP contribution in [0.25, 0.3) is 0 Å². The Labute approximate surface area is 118 Å². The predicted octanol–water partition coefficient (Wildman–Crippen LogP) is 2.73. The molecule has 104 valence electrons. The number of esters is 1. The van der Waals surface area contributed by atoms with E-state index in [2.05, 4.69) is 4.98 Å². The number of para-hydroxylation sites is 1. The molecule has 0 aliphatic rings. The molecule has 0 aliphatic carbocycles. The van der Waals surface area contributed by atoms with E-state index in [9.17, 15) is 4.79 Å². The molecular weight excluding hydrogens is 254 g/mol. The fourth-order valence-corrected chi connectivity index (χ4v) is 1.93. The van der Waals surface area contributed by atoms with Crippen molar-refractivity contribution in [3.05, 3.63) is 59.9 Å². The van der Waals surface area contributed by atoms with Crippen molar-refractivity contribution in [1.29, 1.82) is 0 Å². The monoisotopic (exact) mass is 271 g/mol. The first-order valence-corrected chi connectivity index (χ1v) is 6.38. The lowest BCUT2D eigenvalue weighted by atomic mass is 10.0. The van der Waals surface area contributed by atoms with Gasteiger partial charge in [0.2, 0.25) is 0 Å². The number of carbonyl (C=O) groups is 1. The topological polar surface area (TPSA) is 48.4 Å². The third-order valence-electron chi connectivity index (χ3n) is 3.09. The van der Waals surface area contributed by atoms with Gasteiger partial charge in [0.05, 0.1) is 7.11 Å². The summed E-state index contributed by atoms with van der Waals surface area (Å²) in [6.07, 6.45) is 3.30. The molecule has 0 radical (unpaired) electrons. The molecule has 2 rings (SSSR count). The Morgan fingerprint density at radius 1 is 1.20 bits per heavy atom. The quantitative estimate of drug-likeness (QED) is 0.784. The van der Waals surface area contributed by atoms with Gasteiger partial charge in [-0.25, -0.2) is 0 Å². The molecule has 1 atom stereocenters. The number of nitrogens with zero attached hydrogens (tertiary/aromatic N) is 1. The van der Waals surface area contributed by atoms with E-state index in [-0.39, 0.29) is 12.6 Å². The lowest BCUT2D eigenvalue weighted by Crippen LogP contribution is -2.21. The standard InChI is InChI=1S/C16H17NO3/c1-12-5-3-4-6-15(12)20-11-14(16(18)19-2)13-7-9-17-10-8-13/h3-10,14H,11H2,1-2H3. The van der Waals surface area contributed by atoms with Gasteiger partial charge in [-0.3, -0.25) is 9.78 Å². The highest BCUT2D eigenvalue weighted by Crippen LogP contribution is 2.21. The molecule has 1 aromatic heterocycles. The van der Waals surface area contributed by atoms with Gasteiger partial charge >= 0.3 is 5.97 Å². The summed E-state index contributed by atoms with van der Waals surface area (Å²) in [5.41, 5.74) is 1.87. The van der Waals surface area contributed by atoms with E-state index in [1.165, 1.54) is 7.11 Å². The molecule has 0 fully saturated rings. The van der Waals surface area contributed by atoms with Gasteiger partial charge < -0.3 is 9.47 Å². The average Bonchev–Trinajstić information content (AvgIpc) is 2.50. The molecule has 0 saturated heterocycles. The average molecular weight is 271 g/mol. The van der Waals surface area contributed by atoms with Crippen LogP contribution < -0.4 is 4.74 Å². The smallest absolute Gasteiger partial charge is 0.316 e. The van der Waals surface area contributed by atoms with Crippen LogP contribution in [-0.2, 0) is 9.53 Å². The van der Waals surface area contributed by atoms with E-state index in [0.717, 1.165) is 16.9 Å². The van der Waals surface area contributed by atoms with Crippen molar-refractivity contribution in [2.24, 2.45) is 0 Å². The van der Waals surface area contributed by atoms with Gasteiger partial charge in [-0.2, -0.15) is 0 Å². The highest BCUT2D eigenvalue weighted by atomic mass is 16.5. The normalized spacial score (nSPS) is 11.7. The number of hydrogen-bond donors (Lipinski definition) is 0. The van der Waals surface area contributed by atoms with E-state index in [1.54, 1.807) is 24.5 Å². The van der Waals surface area contributed by atoms with Crippen LogP contribution in [0.2, 0.25) is 0 Å². The molecule has 0 saturated carbocycles. The molecule has 4 nitrogen and oxygen atoms in total. The first kappa shape index (κ1) is 14.1. The maximum atomic E-state index is 11.9. The van der Waals surface area contributed by atoms with Gasteiger partial charge in [0, 0.05) is 12.4 Å². The van der Waals surface area contributed by atoms with Crippen molar-refractivity contribution >= 4 is 5.97 Å². The zero-order valence-corrected chi connectivity index (χ0v) is 11.6. The SMILES string of the molecule is COC(=O)C(COc1ccccc1C)c1ccncc1. The van der Waals surface area contributed by atoms with Crippen molar-refractivity contribution in [2.45, 2.75) is 12.8 Å². The molecule has 20 heavy (non-hydrogen) atoms. The van der Waals surface area contributed by atoms with Gasteiger partial charge in [-0.05, 0) is 36.2 Å². The molecule has 1 aromatic carbocycles. The molecular formula is C16H17NO3. The molecule has 1 heterocycles. The maximum Gasteiger partial charge on any atom is 0.316 e. The summed E-state index contributed by atoms with van der Waals surface area (Å²) in [6.45, 7) is 2.20. The van der Waals surface area contributed by atoms with Gasteiger partial charge in [0.25, 0.3) is 0 Å². The van der Waals surface area contributed by atoms with Crippen LogP contribution >= 0.6 is 0 Å². The Kier molecular flexibility index (Phi) is 4.71. The molecule has 0 N–H and O–H groups in total. The Morgan fingerprint density at radius 3 is 2.55 bits per heavy atom. The molecule has 0 amide bonds. The second-order valence-corrected chi connectivity index (χ2v) is 4.43. The highest BCUT2D eigenvalue weighted by molar-refractivity contribution is 5.78. The largest absolute Gasteiger partial charge is 0.492 e. The van der Waals surface area contributed by atoms with Crippen molar-refractivity contribution in [3.8, 4) is 5.75 Å². The number of aromatic nitrogens is 1. The second kappa shape index (κ2) is 6.70. The van der Waals surface area contributed by atoms with Gasteiger partial charge in [0.1, 0.15) is 18.3 Å². The summed E-state index contributed by atoms with van der Waals surface area (Å²) >= 11 is 0. The Hall–Kier alpha value is -2.36. The maximum absolute atomic E-state index is 11.9. The molecule has 0 bridgehead atoms. The highest BCUT2D eigenvalue weighted by Gasteiger charge is 2.22. The lowest BCUT2D eigenvalue weighted by Gasteiger charge is -2.16. The summed E-state index contributed by atoms with van der Waals surface area (Å²) < 4.78 is 10.6. The van der Waals surface area contributed by atoms with Crippen LogP contribution in [-0.4, -0.2) is 24.7 Å². The van der Waals surface area contributed by atoms with Gasteiger partial charge in [-0.15, -0.1) is 0 Å². The third-order valence-corrected chi connectivity index (χ3v) is 3.09. The molecule has 0 spiro atoms. The van der Waals surface area contributed by atoms with E-state index in [0.29, 0.717) is 0 Å².